The van der Waals surface area contributed by atoms with Crippen LogP contribution in [0.25, 0.3) is 10.9 Å². The maximum Gasteiger partial charge on any atom is 0.362 e. The summed E-state index contributed by atoms with van der Waals surface area (Å²) in [4.78, 5) is 15.0. The summed E-state index contributed by atoms with van der Waals surface area (Å²) in [5, 5.41) is 20.1. The number of ether oxygens (including phenoxy) is 1. The lowest BCUT2D eigenvalue weighted by Crippen LogP contribution is -2.38. The number of aryl methyl sites for hydroxylation is 1. The van der Waals surface area contributed by atoms with Crippen LogP contribution in [-0.4, -0.2) is 68.3 Å². The van der Waals surface area contributed by atoms with Crippen molar-refractivity contribution < 1.29 is 32.3 Å². The van der Waals surface area contributed by atoms with Gasteiger partial charge in [-0.05, 0) is 18.1 Å². The molecule has 0 aliphatic carbocycles. The third-order valence-electron chi connectivity index (χ3n) is 4.32. The highest BCUT2D eigenvalue weighted by Crippen LogP contribution is 2.20. The number of hydrogen-bond acceptors (Lipinski definition) is 7. The van der Waals surface area contributed by atoms with Gasteiger partial charge in [0.1, 0.15) is 20.1 Å². The molecule has 0 spiro atoms. The molecule has 1 fully saturated rings. The van der Waals surface area contributed by atoms with Crippen LogP contribution in [-0.2, 0) is 30.4 Å². The van der Waals surface area contributed by atoms with E-state index in [9.17, 15) is 23.4 Å². The lowest BCUT2D eigenvalue weighted by molar-refractivity contribution is -0.119. The number of hydrogen-bond donors (Lipinski definition) is 4. The highest BCUT2D eigenvalue weighted by Gasteiger charge is 2.40. The molecule has 144 valence electrons. The van der Waals surface area contributed by atoms with Gasteiger partial charge in [0.05, 0.1) is 12.7 Å². The van der Waals surface area contributed by atoms with Crippen LogP contribution in [0.1, 0.15) is 12.0 Å². The number of rotatable bonds is 7. The molecule has 11 heteroatoms. The fourth-order valence-corrected chi connectivity index (χ4v) is 3.63. The first-order chi connectivity index (χ1) is 12.8. The van der Waals surface area contributed by atoms with E-state index in [1.54, 1.807) is 10.9 Å². The second-order valence-electron chi connectivity index (χ2n) is 6.24. The number of benzene rings is 1. The van der Waals surface area contributed by atoms with Crippen molar-refractivity contribution in [2.24, 2.45) is 0 Å². The van der Waals surface area contributed by atoms with Crippen LogP contribution in [0.3, 0.4) is 0 Å². The molecule has 27 heavy (non-hydrogen) atoms. The molecule has 2 heterocycles. The number of para-hydroxylation sites is 1. The molecule has 3 rings (SSSR count). The summed E-state index contributed by atoms with van der Waals surface area (Å²) in [5.41, 5.74) is 1.82. The van der Waals surface area contributed by atoms with Crippen molar-refractivity contribution in [3.63, 3.8) is 0 Å². The minimum absolute atomic E-state index is 0.0589. The Morgan fingerprint density at radius 1 is 1.30 bits per heavy atom. The van der Waals surface area contributed by atoms with Gasteiger partial charge in [0.2, 0.25) is 5.91 Å². The van der Waals surface area contributed by atoms with E-state index in [1.165, 1.54) is 0 Å². The standard InChI is InChI=1S/C16H19BN2O7S/c17-16-15(22)14(21)12(26-16)8-25-27(23,24)19-13(20)6-5-9-7-18-11-4-2-1-3-10(9)11/h1-4,7,12,14-16,18,21-22H,5-6,8H2,(H,19,20)/t12-,14?,15+,16-/m1/s1. The molecule has 2 aromatic rings. The van der Waals surface area contributed by atoms with Gasteiger partial charge >= 0.3 is 10.3 Å². The van der Waals surface area contributed by atoms with Gasteiger partial charge in [-0.2, -0.15) is 8.42 Å². The molecule has 1 aliphatic heterocycles. The van der Waals surface area contributed by atoms with E-state index in [-0.39, 0.29) is 6.42 Å². The van der Waals surface area contributed by atoms with Gasteiger partial charge in [0.25, 0.3) is 0 Å². The lowest BCUT2D eigenvalue weighted by atomic mass is 9.93. The van der Waals surface area contributed by atoms with E-state index in [4.69, 9.17) is 12.6 Å². The van der Waals surface area contributed by atoms with Gasteiger partial charge in [0.15, 0.2) is 0 Å². The van der Waals surface area contributed by atoms with Crippen LogP contribution in [0.4, 0.5) is 0 Å². The zero-order valence-electron chi connectivity index (χ0n) is 14.2. The normalized spacial score (nSPS) is 25.7. The van der Waals surface area contributed by atoms with Crippen molar-refractivity contribution in [2.75, 3.05) is 6.61 Å². The van der Waals surface area contributed by atoms with Crippen LogP contribution in [0, 0.1) is 0 Å². The number of nitrogens with one attached hydrogen (secondary N) is 2. The Balaban J connectivity index is 1.49. The first-order valence-corrected chi connectivity index (χ1v) is 9.70. The molecular weight excluding hydrogens is 375 g/mol. The van der Waals surface area contributed by atoms with Gasteiger partial charge < -0.3 is 19.9 Å². The molecule has 1 saturated heterocycles. The first kappa shape index (κ1) is 19.8. The highest BCUT2D eigenvalue weighted by atomic mass is 32.2. The molecule has 1 amide bonds. The van der Waals surface area contributed by atoms with Crippen LogP contribution < -0.4 is 4.72 Å². The van der Waals surface area contributed by atoms with Gasteiger partial charge in [-0.15, -0.1) is 0 Å². The Labute approximate surface area is 157 Å². The summed E-state index contributed by atoms with van der Waals surface area (Å²) < 4.78 is 35.1. The Bertz CT molecular complexity index is 916. The van der Waals surface area contributed by atoms with E-state index >= 15 is 0 Å². The monoisotopic (exact) mass is 394 g/mol. The molecule has 2 radical (unpaired) electrons. The maximum atomic E-state index is 11.9. The minimum Gasteiger partial charge on any atom is -0.388 e. The molecule has 1 aromatic carbocycles. The molecule has 1 aromatic heterocycles. The maximum absolute atomic E-state index is 11.9. The predicted octanol–water partition coefficient (Wildman–Crippen LogP) is -0.907. The number of carbonyl (C=O) groups is 1. The topological polar surface area (TPSA) is 138 Å². The number of carbonyl (C=O) groups excluding carboxylic acids is 1. The summed E-state index contributed by atoms with van der Waals surface area (Å²) in [6.45, 7) is -0.586. The summed E-state index contributed by atoms with van der Waals surface area (Å²) in [5.74, 6) is -0.732. The van der Waals surface area contributed by atoms with Crippen molar-refractivity contribution in [1.29, 1.82) is 0 Å². The number of aliphatic hydroxyl groups is 2. The van der Waals surface area contributed by atoms with E-state index < -0.39 is 47.1 Å². The molecular formula is C16H19BN2O7S. The van der Waals surface area contributed by atoms with Crippen molar-refractivity contribution in [2.45, 2.75) is 37.2 Å². The minimum atomic E-state index is -4.38. The fourth-order valence-electron chi connectivity index (χ4n) is 2.88. The zero-order valence-corrected chi connectivity index (χ0v) is 15.1. The molecule has 1 unspecified atom stereocenters. The molecule has 9 nitrogen and oxygen atoms in total. The van der Waals surface area contributed by atoms with Gasteiger partial charge in [-0.1, -0.05) is 18.2 Å². The lowest BCUT2D eigenvalue weighted by Gasteiger charge is -2.15. The Morgan fingerprint density at radius 2 is 2.04 bits per heavy atom. The van der Waals surface area contributed by atoms with E-state index in [0.717, 1.165) is 16.5 Å². The molecule has 4 atom stereocenters. The van der Waals surface area contributed by atoms with Gasteiger partial charge in [-0.3, -0.25) is 8.98 Å². The predicted molar refractivity (Wildman–Crippen MR) is 96.1 cm³/mol. The number of aromatic amines is 1. The van der Waals surface area contributed by atoms with Gasteiger partial charge in [0, 0.05) is 29.5 Å². The average molecular weight is 394 g/mol. The third-order valence-corrected chi connectivity index (χ3v) is 5.25. The zero-order chi connectivity index (χ0) is 19.6. The first-order valence-electron chi connectivity index (χ1n) is 8.29. The van der Waals surface area contributed by atoms with Crippen LogP contribution in [0.15, 0.2) is 30.5 Å². The number of aromatic nitrogens is 1. The average Bonchev–Trinajstić information content (AvgIpc) is 3.14. The second kappa shape index (κ2) is 7.99. The smallest absolute Gasteiger partial charge is 0.362 e. The summed E-state index contributed by atoms with van der Waals surface area (Å²) in [6, 6.07) is 6.43. The fraction of sp³-hybridized carbons (Fsp3) is 0.438. The number of H-pyrrole nitrogens is 1. The Hall–Kier alpha value is -1.92. The second-order valence-corrected chi connectivity index (χ2v) is 7.59. The van der Waals surface area contributed by atoms with Crippen LogP contribution in [0.5, 0.6) is 0 Å². The van der Waals surface area contributed by atoms with Gasteiger partial charge in [-0.25, -0.2) is 4.72 Å². The van der Waals surface area contributed by atoms with Crippen LogP contribution >= 0.6 is 0 Å². The molecule has 4 N–H and O–H groups in total. The number of fused-ring (bicyclic) bond motifs is 1. The number of amides is 1. The third kappa shape index (κ3) is 4.68. The molecule has 0 saturated carbocycles. The van der Waals surface area contributed by atoms with Crippen molar-refractivity contribution in [3.8, 4) is 0 Å². The number of aliphatic hydroxyl groups excluding tert-OH is 2. The SMILES string of the molecule is [B][C@@H]1O[C@H](COS(=O)(=O)NC(=O)CCc2c[nH]c3ccccc23)C(O)[C@@H]1O. The summed E-state index contributed by atoms with van der Waals surface area (Å²) >= 11 is 0. The largest absolute Gasteiger partial charge is 0.388 e. The Kier molecular flexibility index (Phi) is 5.87. The van der Waals surface area contributed by atoms with Crippen molar-refractivity contribution in [1.82, 2.24) is 9.71 Å². The van der Waals surface area contributed by atoms with E-state index in [2.05, 4.69) is 9.17 Å². The quantitative estimate of drug-likeness (QED) is 0.446. The van der Waals surface area contributed by atoms with E-state index in [1.807, 2.05) is 24.3 Å². The van der Waals surface area contributed by atoms with Crippen molar-refractivity contribution in [3.05, 3.63) is 36.0 Å². The van der Waals surface area contributed by atoms with Crippen molar-refractivity contribution >= 4 is 35.0 Å². The summed E-state index contributed by atoms with van der Waals surface area (Å²) in [7, 11) is 1.01. The van der Waals surface area contributed by atoms with E-state index in [0.29, 0.717) is 6.42 Å². The summed E-state index contributed by atoms with van der Waals surface area (Å²) in [6.07, 6.45) is -1.78. The Morgan fingerprint density at radius 3 is 2.74 bits per heavy atom. The highest BCUT2D eigenvalue weighted by molar-refractivity contribution is 7.85. The molecule has 1 aliphatic rings. The van der Waals surface area contributed by atoms with Crippen LogP contribution in [0.2, 0.25) is 0 Å². The molecule has 0 bridgehead atoms.